The second-order valence-electron chi connectivity index (χ2n) is 3.91. The van der Waals surface area contributed by atoms with Crippen LogP contribution in [-0.4, -0.2) is 22.7 Å². The Morgan fingerprint density at radius 2 is 2.16 bits per heavy atom. The summed E-state index contributed by atoms with van der Waals surface area (Å²) in [6.07, 6.45) is 1.92. The molecule has 98 valence electrons. The standard InChI is InChI=1S/C14H12FNO3/c15-11-3-1-2-10(8-11)6-7-19-12-4-5-13(14(17)18)16-9-12/h1-5,8-9H,6-7H2,(H,17,18). The van der Waals surface area contributed by atoms with Gasteiger partial charge in [-0.25, -0.2) is 14.2 Å². The Bertz CT molecular complexity index is 569. The number of halogens is 1. The highest BCUT2D eigenvalue weighted by Gasteiger charge is 2.04. The molecule has 0 radical (unpaired) electrons. The summed E-state index contributed by atoms with van der Waals surface area (Å²) in [5.41, 5.74) is 0.813. The van der Waals surface area contributed by atoms with Crippen LogP contribution >= 0.6 is 0 Å². The number of hydrogen-bond donors (Lipinski definition) is 1. The van der Waals surface area contributed by atoms with Gasteiger partial charge in [-0.15, -0.1) is 0 Å². The van der Waals surface area contributed by atoms with Gasteiger partial charge in [0.2, 0.25) is 0 Å². The van der Waals surface area contributed by atoms with Crippen molar-refractivity contribution in [2.75, 3.05) is 6.61 Å². The number of aromatic carboxylic acids is 1. The maximum Gasteiger partial charge on any atom is 0.354 e. The van der Waals surface area contributed by atoms with Gasteiger partial charge in [-0.3, -0.25) is 0 Å². The van der Waals surface area contributed by atoms with Crippen LogP contribution in [0.1, 0.15) is 16.1 Å². The largest absolute Gasteiger partial charge is 0.492 e. The van der Waals surface area contributed by atoms with Gasteiger partial charge in [0, 0.05) is 6.42 Å². The second kappa shape index (κ2) is 5.95. The van der Waals surface area contributed by atoms with Crippen LogP contribution in [0.3, 0.4) is 0 Å². The van der Waals surface area contributed by atoms with E-state index in [4.69, 9.17) is 9.84 Å². The van der Waals surface area contributed by atoms with E-state index in [1.54, 1.807) is 12.1 Å². The molecule has 19 heavy (non-hydrogen) atoms. The maximum atomic E-state index is 12.9. The van der Waals surface area contributed by atoms with Crippen molar-refractivity contribution in [2.45, 2.75) is 6.42 Å². The van der Waals surface area contributed by atoms with E-state index in [0.29, 0.717) is 18.8 Å². The summed E-state index contributed by atoms with van der Waals surface area (Å²) in [7, 11) is 0. The number of benzene rings is 1. The molecule has 4 nitrogen and oxygen atoms in total. The molecule has 2 aromatic rings. The Labute approximate surface area is 109 Å². The lowest BCUT2D eigenvalue weighted by atomic mass is 10.1. The Morgan fingerprint density at radius 3 is 2.79 bits per heavy atom. The van der Waals surface area contributed by atoms with Gasteiger partial charge in [0.15, 0.2) is 0 Å². The number of pyridine rings is 1. The molecule has 0 amide bonds. The molecule has 0 atom stereocenters. The smallest absolute Gasteiger partial charge is 0.354 e. The molecule has 0 bridgehead atoms. The SMILES string of the molecule is O=C(O)c1ccc(OCCc2cccc(F)c2)cn1. The fraction of sp³-hybridized carbons (Fsp3) is 0.143. The van der Waals surface area contributed by atoms with Gasteiger partial charge in [-0.05, 0) is 29.8 Å². The third-order valence-corrected chi connectivity index (χ3v) is 2.50. The minimum atomic E-state index is -1.08. The topological polar surface area (TPSA) is 59.4 Å². The highest BCUT2D eigenvalue weighted by molar-refractivity contribution is 5.85. The van der Waals surface area contributed by atoms with E-state index in [2.05, 4.69) is 4.98 Å². The molecule has 1 aromatic carbocycles. The number of carboxylic acids is 1. The predicted molar refractivity (Wildman–Crippen MR) is 66.8 cm³/mol. The van der Waals surface area contributed by atoms with Crippen LogP contribution in [0.2, 0.25) is 0 Å². The average Bonchev–Trinajstić information content (AvgIpc) is 2.39. The summed E-state index contributed by atoms with van der Waals surface area (Å²) in [4.78, 5) is 14.3. The zero-order valence-corrected chi connectivity index (χ0v) is 10.0. The molecular weight excluding hydrogens is 249 g/mol. The second-order valence-corrected chi connectivity index (χ2v) is 3.91. The van der Waals surface area contributed by atoms with Gasteiger partial charge in [0.05, 0.1) is 12.8 Å². The lowest BCUT2D eigenvalue weighted by molar-refractivity contribution is 0.0690. The summed E-state index contributed by atoms with van der Waals surface area (Å²) >= 11 is 0. The van der Waals surface area contributed by atoms with Crippen LogP contribution < -0.4 is 4.74 Å². The van der Waals surface area contributed by atoms with Crippen LogP contribution in [0.25, 0.3) is 0 Å². The van der Waals surface area contributed by atoms with Gasteiger partial charge >= 0.3 is 5.97 Å². The number of nitrogens with zero attached hydrogens (tertiary/aromatic N) is 1. The number of rotatable bonds is 5. The highest BCUT2D eigenvalue weighted by Crippen LogP contribution is 2.10. The normalized spacial score (nSPS) is 10.2. The van der Waals surface area contributed by atoms with Crippen molar-refractivity contribution >= 4 is 5.97 Å². The molecule has 0 saturated carbocycles. The number of ether oxygens (including phenoxy) is 1. The number of aromatic nitrogens is 1. The molecule has 0 aliphatic heterocycles. The molecule has 2 rings (SSSR count). The first kappa shape index (κ1) is 13.0. The Balaban J connectivity index is 1.87. The monoisotopic (exact) mass is 261 g/mol. The fourth-order valence-corrected chi connectivity index (χ4v) is 1.57. The Kier molecular flexibility index (Phi) is 4.07. The summed E-state index contributed by atoms with van der Waals surface area (Å²) in [6, 6.07) is 9.22. The van der Waals surface area contributed by atoms with E-state index >= 15 is 0 Å². The van der Waals surface area contributed by atoms with Crippen molar-refractivity contribution in [3.63, 3.8) is 0 Å². The minimum absolute atomic E-state index is 0.0301. The van der Waals surface area contributed by atoms with Crippen molar-refractivity contribution in [3.05, 3.63) is 59.7 Å². The van der Waals surface area contributed by atoms with E-state index in [9.17, 15) is 9.18 Å². The van der Waals surface area contributed by atoms with Gasteiger partial charge in [-0.2, -0.15) is 0 Å². The van der Waals surface area contributed by atoms with Crippen LogP contribution in [-0.2, 0) is 6.42 Å². The van der Waals surface area contributed by atoms with E-state index in [0.717, 1.165) is 5.56 Å². The van der Waals surface area contributed by atoms with Crippen molar-refractivity contribution in [3.8, 4) is 5.75 Å². The van der Waals surface area contributed by atoms with Crippen molar-refractivity contribution < 1.29 is 19.0 Å². The molecule has 0 aliphatic carbocycles. The van der Waals surface area contributed by atoms with Crippen LogP contribution in [0.4, 0.5) is 4.39 Å². The summed E-state index contributed by atoms with van der Waals surface area (Å²) in [5.74, 6) is -0.863. The first-order valence-electron chi connectivity index (χ1n) is 5.72. The first-order chi connectivity index (χ1) is 9.15. The first-order valence-corrected chi connectivity index (χ1v) is 5.72. The molecule has 1 heterocycles. The van der Waals surface area contributed by atoms with E-state index in [-0.39, 0.29) is 11.5 Å². The van der Waals surface area contributed by atoms with Crippen LogP contribution in [0.15, 0.2) is 42.6 Å². The molecule has 0 spiro atoms. The van der Waals surface area contributed by atoms with Crippen LogP contribution in [0, 0.1) is 5.82 Å². The summed E-state index contributed by atoms with van der Waals surface area (Å²) in [6.45, 7) is 0.373. The maximum absolute atomic E-state index is 12.9. The molecule has 1 N–H and O–H groups in total. The molecule has 0 saturated heterocycles. The summed E-state index contributed by atoms with van der Waals surface area (Å²) in [5, 5.41) is 8.69. The molecule has 0 aliphatic rings. The minimum Gasteiger partial charge on any atom is -0.492 e. The highest BCUT2D eigenvalue weighted by atomic mass is 19.1. The third kappa shape index (κ3) is 3.77. The van der Waals surface area contributed by atoms with E-state index in [1.165, 1.54) is 24.4 Å². The van der Waals surface area contributed by atoms with Crippen molar-refractivity contribution in [1.29, 1.82) is 0 Å². The lowest BCUT2D eigenvalue weighted by Gasteiger charge is -2.06. The zero-order chi connectivity index (χ0) is 13.7. The van der Waals surface area contributed by atoms with E-state index < -0.39 is 5.97 Å². The van der Waals surface area contributed by atoms with E-state index in [1.807, 2.05) is 6.07 Å². The molecule has 1 aromatic heterocycles. The van der Waals surface area contributed by atoms with Crippen molar-refractivity contribution in [1.82, 2.24) is 4.98 Å². The molecule has 5 heteroatoms. The molecule has 0 unspecified atom stereocenters. The van der Waals surface area contributed by atoms with Gasteiger partial charge in [-0.1, -0.05) is 12.1 Å². The lowest BCUT2D eigenvalue weighted by Crippen LogP contribution is -2.03. The fourth-order valence-electron chi connectivity index (χ4n) is 1.57. The number of hydrogen-bond acceptors (Lipinski definition) is 3. The third-order valence-electron chi connectivity index (χ3n) is 2.50. The quantitative estimate of drug-likeness (QED) is 0.898. The van der Waals surface area contributed by atoms with Gasteiger partial charge in [0.25, 0.3) is 0 Å². The molecule has 0 fully saturated rings. The zero-order valence-electron chi connectivity index (χ0n) is 10.0. The van der Waals surface area contributed by atoms with Crippen LogP contribution in [0.5, 0.6) is 5.75 Å². The average molecular weight is 261 g/mol. The Morgan fingerprint density at radius 1 is 1.32 bits per heavy atom. The van der Waals surface area contributed by atoms with Crippen molar-refractivity contribution in [2.24, 2.45) is 0 Å². The predicted octanol–water partition coefficient (Wildman–Crippen LogP) is 2.54. The Hall–Kier alpha value is -2.43. The molecular formula is C14H12FNO3. The number of carboxylic acid groups (broad SMARTS) is 1. The number of carbonyl (C=O) groups is 1. The summed E-state index contributed by atoms with van der Waals surface area (Å²) < 4.78 is 18.3. The van der Waals surface area contributed by atoms with Gasteiger partial charge < -0.3 is 9.84 Å². The van der Waals surface area contributed by atoms with Gasteiger partial charge in [0.1, 0.15) is 17.3 Å².